The molecule has 22 heavy (non-hydrogen) atoms. The van der Waals surface area contributed by atoms with E-state index in [9.17, 15) is 26.4 Å². The Bertz CT molecular complexity index is 548. The van der Waals surface area contributed by atoms with E-state index in [1.165, 1.54) is 0 Å². The standard InChI is InChI=1S/C12H18F3NO5S/c1-11(2,3)20-10(17)16-8-5-4-6-9(7-8)21-22(18,19)12(13,14)15/h7-8H,4-6H2,1-3H3,(H,16,17). The summed E-state index contributed by atoms with van der Waals surface area (Å²) in [6, 6.07) is -0.651. The molecule has 0 saturated carbocycles. The van der Waals surface area contributed by atoms with Gasteiger partial charge in [0.15, 0.2) is 0 Å². The van der Waals surface area contributed by atoms with E-state index in [0.717, 1.165) is 6.08 Å². The number of nitrogens with one attached hydrogen (secondary N) is 1. The predicted octanol–water partition coefficient (Wildman–Crippen LogP) is 2.81. The largest absolute Gasteiger partial charge is 0.534 e. The number of hydrogen-bond donors (Lipinski definition) is 1. The number of amides is 1. The number of alkyl halides is 3. The molecule has 0 radical (unpaired) electrons. The molecule has 1 rings (SSSR count). The Kier molecular flexibility index (Phi) is 5.37. The van der Waals surface area contributed by atoms with Crippen molar-refractivity contribution in [2.75, 3.05) is 0 Å². The Morgan fingerprint density at radius 2 is 1.91 bits per heavy atom. The number of ether oxygens (including phenoxy) is 1. The fourth-order valence-corrected chi connectivity index (χ4v) is 2.23. The molecule has 0 spiro atoms. The van der Waals surface area contributed by atoms with Gasteiger partial charge in [-0.2, -0.15) is 21.6 Å². The third-order valence-corrected chi connectivity index (χ3v) is 3.53. The Morgan fingerprint density at radius 3 is 2.41 bits per heavy atom. The van der Waals surface area contributed by atoms with Gasteiger partial charge in [0.05, 0.1) is 6.04 Å². The van der Waals surface area contributed by atoms with Crippen molar-refractivity contribution >= 4 is 16.2 Å². The van der Waals surface area contributed by atoms with E-state index < -0.39 is 33.4 Å². The Labute approximate surface area is 126 Å². The van der Waals surface area contributed by atoms with Crippen molar-refractivity contribution in [3.63, 3.8) is 0 Å². The zero-order valence-electron chi connectivity index (χ0n) is 12.4. The number of allylic oxidation sites excluding steroid dienone is 1. The van der Waals surface area contributed by atoms with Gasteiger partial charge in [-0.1, -0.05) is 0 Å². The SMILES string of the molecule is CC(C)(C)OC(=O)NC1C=C(OS(=O)(=O)C(F)(F)F)CCC1. The van der Waals surface area contributed by atoms with Crippen LogP contribution in [0.1, 0.15) is 40.0 Å². The predicted molar refractivity (Wildman–Crippen MR) is 71.2 cm³/mol. The number of alkyl carbamates (subject to hydrolysis) is 1. The summed E-state index contributed by atoms with van der Waals surface area (Å²) in [5.41, 5.74) is -6.21. The summed E-state index contributed by atoms with van der Waals surface area (Å²) in [6.07, 6.45) is 1.27. The Morgan fingerprint density at radius 1 is 1.32 bits per heavy atom. The molecule has 0 aromatic rings. The van der Waals surface area contributed by atoms with Gasteiger partial charge in [-0.15, -0.1) is 0 Å². The minimum atomic E-state index is -5.69. The summed E-state index contributed by atoms with van der Waals surface area (Å²) in [7, 11) is -5.69. The van der Waals surface area contributed by atoms with Crippen molar-refractivity contribution in [3.8, 4) is 0 Å². The number of halogens is 3. The zero-order valence-corrected chi connectivity index (χ0v) is 13.2. The number of carbonyl (C=O) groups excluding carboxylic acids is 1. The summed E-state index contributed by atoms with van der Waals surface area (Å²) in [5, 5.41) is 2.44. The van der Waals surface area contributed by atoms with E-state index in [-0.39, 0.29) is 12.2 Å². The number of rotatable bonds is 3. The number of carbonyl (C=O) groups is 1. The Hall–Kier alpha value is -1.45. The summed E-state index contributed by atoms with van der Waals surface area (Å²) in [6.45, 7) is 4.98. The average Bonchev–Trinajstić information content (AvgIpc) is 2.23. The van der Waals surface area contributed by atoms with E-state index in [4.69, 9.17) is 4.74 Å². The molecule has 128 valence electrons. The quantitative estimate of drug-likeness (QED) is 0.628. The molecule has 0 aromatic heterocycles. The van der Waals surface area contributed by atoms with Gasteiger partial charge < -0.3 is 14.2 Å². The van der Waals surface area contributed by atoms with Crippen molar-refractivity contribution in [1.29, 1.82) is 0 Å². The molecular weight excluding hydrogens is 327 g/mol. The van der Waals surface area contributed by atoms with E-state index >= 15 is 0 Å². The van der Waals surface area contributed by atoms with Crippen LogP contribution in [0.4, 0.5) is 18.0 Å². The monoisotopic (exact) mass is 345 g/mol. The Balaban J connectivity index is 2.72. The maximum absolute atomic E-state index is 12.3. The molecule has 0 heterocycles. The maximum Gasteiger partial charge on any atom is 0.534 e. The molecule has 1 amide bonds. The normalized spacial score (nSPS) is 20.1. The topological polar surface area (TPSA) is 81.7 Å². The molecule has 1 aliphatic rings. The van der Waals surface area contributed by atoms with Gasteiger partial charge in [0.25, 0.3) is 0 Å². The van der Waals surface area contributed by atoms with Crippen molar-refractivity contribution in [1.82, 2.24) is 5.32 Å². The van der Waals surface area contributed by atoms with Gasteiger partial charge in [0.2, 0.25) is 0 Å². The van der Waals surface area contributed by atoms with Gasteiger partial charge >= 0.3 is 21.7 Å². The van der Waals surface area contributed by atoms with Gasteiger partial charge in [-0.3, -0.25) is 0 Å². The van der Waals surface area contributed by atoms with Gasteiger partial charge in [0.1, 0.15) is 11.4 Å². The molecule has 0 saturated heterocycles. The smallest absolute Gasteiger partial charge is 0.444 e. The van der Waals surface area contributed by atoms with E-state index in [2.05, 4.69) is 9.50 Å². The lowest BCUT2D eigenvalue weighted by Crippen LogP contribution is -2.39. The molecule has 10 heteroatoms. The molecule has 1 aliphatic carbocycles. The highest BCUT2D eigenvalue weighted by Gasteiger charge is 2.49. The molecule has 0 aliphatic heterocycles. The lowest BCUT2D eigenvalue weighted by Gasteiger charge is -2.25. The molecule has 1 N–H and O–H groups in total. The van der Waals surface area contributed by atoms with Gasteiger partial charge in [0, 0.05) is 6.42 Å². The fraction of sp³-hybridized carbons (Fsp3) is 0.750. The summed E-state index contributed by atoms with van der Waals surface area (Å²) >= 11 is 0. The third kappa shape index (κ3) is 5.74. The van der Waals surface area contributed by atoms with Crippen LogP contribution in [0.2, 0.25) is 0 Å². The minimum Gasteiger partial charge on any atom is -0.444 e. The molecule has 0 aromatic carbocycles. The third-order valence-electron chi connectivity index (χ3n) is 2.53. The highest BCUT2D eigenvalue weighted by Crippen LogP contribution is 2.29. The van der Waals surface area contributed by atoms with E-state index in [1.807, 2.05) is 0 Å². The average molecular weight is 345 g/mol. The van der Waals surface area contributed by atoms with Crippen LogP contribution in [0.5, 0.6) is 0 Å². The van der Waals surface area contributed by atoms with Gasteiger partial charge in [-0.05, 0) is 39.7 Å². The van der Waals surface area contributed by atoms with Crippen molar-refractivity contribution < 1.29 is 35.3 Å². The van der Waals surface area contributed by atoms with Gasteiger partial charge in [-0.25, -0.2) is 4.79 Å². The van der Waals surface area contributed by atoms with Crippen molar-refractivity contribution in [3.05, 3.63) is 11.8 Å². The first kappa shape index (κ1) is 18.6. The second-order valence-electron chi connectivity index (χ2n) is 5.76. The lowest BCUT2D eigenvalue weighted by molar-refractivity contribution is -0.0524. The van der Waals surface area contributed by atoms with Crippen LogP contribution >= 0.6 is 0 Å². The lowest BCUT2D eigenvalue weighted by atomic mass is 10.0. The second-order valence-corrected chi connectivity index (χ2v) is 7.30. The highest BCUT2D eigenvalue weighted by atomic mass is 32.2. The highest BCUT2D eigenvalue weighted by molar-refractivity contribution is 7.87. The van der Waals surface area contributed by atoms with E-state index in [0.29, 0.717) is 12.8 Å². The molecule has 1 atom stereocenters. The molecule has 1 unspecified atom stereocenters. The van der Waals surface area contributed by atoms with Crippen LogP contribution in [0.15, 0.2) is 11.8 Å². The maximum atomic E-state index is 12.3. The van der Waals surface area contributed by atoms with Crippen molar-refractivity contribution in [2.24, 2.45) is 0 Å². The second kappa shape index (κ2) is 6.35. The van der Waals surface area contributed by atoms with E-state index in [1.54, 1.807) is 20.8 Å². The van der Waals surface area contributed by atoms with Crippen LogP contribution < -0.4 is 5.32 Å². The van der Waals surface area contributed by atoms with Crippen LogP contribution in [0.25, 0.3) is 0 Å². The summed E-state index contributed by atoms with van der Waals surface area (Å²) in [4.78, 5) is 11.6. The minimum absolute atomic E-state index is 0.0435. The first-order valence-electron chi connectivity index (χ1n) is 6.51. The first-order valence-corrected chi connectivity index (χ1v) is 7.92. The molecule has 0 fully saturated rings. The van der Waals surface area contributed by atoms with Crippen LogP contribution in [-0.2, 0) is 19.0 Å². The van der Waals surface area contributed by atoms with Crippen molar-refractivity contribution in [2.45, 2.75) is 57.2 Å². The fourth-order valence-electron chi connectivity index (χ4n) is 1.72. The zero-order chi connectivity index (χ0) is 17.2. The molecular formula is C12H18F3NO5S. The van der Waals surface area contributed by atoms with Crippen LogP contribution in [0, 0.1) is 0 Å². The molecule has 6 nitrogen and oxygen atoms in total. The van der Waals surface area contributed by atoms with Crippen LogP contribution in [0.3, 0.4) is 0 Å². The van der Waals surface area contributed by atoms with Crippen LogP contribution in [-0.4, -0.2) is 31.7 Å². The summed E-state index contributed by atoms with van der Waals surface area (Å²) < 4.78 is 67.7. The first-order chi connectivity index (χ1) is 9.80. The summed E-state index contributed by atoms with van der Waals surface area (Å²) in [5.74, 6) is -0.343. The molecule has 0 bridgehead atoms. The number of hydrogen-bond acceptors (Lipinski definition) is 5.